The number of benzene rings is 1. The number of halogens is 3. The van der Waals surface area contributed by atoms with E-state index in [0.29, 0.717) is 24.9 Å². The molecule has 0 spiro atoms. The quantitative estimate of drug-likeness (QED) is 0.746. The largest absolute Gasteiger partial charge is 0.401 e. The van der Waals surface area contributed by atoms with E-state index in [1.165, 1.54) is 21.6 Å². The van der Waals surface area contributed by atoms with E-state index < -0.39 is 12.7 Å². The van der Waals surface area contributed by atoms with E-state index in [1.807, 2.05) is 0 Å². The van der Waals surface area contributed by atoms with E-state index in [9.17, 15) is 13.2 Å². The van der Waals surface area contributed by atoms with E-state index >= 15 is 0 Å². The fourth-order valence-electron chi connectivity index (χ4n) is 3.43. The van der Waals surface area contributed by atoms with Crippen molar-refractivity contribution in [2.24, 2.45) is 0 Å². The van der Waals surface area contributed by atoms with E-state index in [-0.39, 0.29) is 0 Å². The lowest BCUT2D eigenvalue weighted by Gasteiger charge is -2.33. The topological polar surface area (TPSA) is 3.24 Å². The molecule has 22 heavy (non-hydrogen) atoms. The number of aryl methyl sites for hydroxylation is 1. The Hall–Kier alpha value is -1.03. The SMILES string of the molecule is CCc1cc(C2CCN(CC(F)(F)F)CC2)ccc1C(C)C. The van der Waals surface area contributed by atoms with Gasteiger partial charge in [-0.2, -0.15) is 13.2 Å². The van der Waals surface area contributed by atoms with Crippen molar-refractivity contribution in [3.05, 3.63) is 34.9 Å². The average Bonchev–Trinajstić information content (AvgIpc) is 2.45. The van der Waals surface area contributed by atoms with Crippen molar-refractivity contribution in [3.8, 4) is 0 Å². The van der Waals surface area contributed by atoms with Gasteiger partial charge in [0.1, 0.15) is 0 Å². The Morgan fingerprint density at radius 3 is 2.32 bits per heavy atom. The van der Waals surface area contributed by atoms with Crippen molar-refractivity contribution >= 4 is 0 Å². The van der Waals surface area contributed by atoms with Crippen LogP contribution >= 0.6 is 0 Å². The highest BCUT2D eigenvalue weighted by molar-refractivity contribution is 5.36. The van der Waals surface area contributed by atoms with Gasteiger partial charge in [-0.1, -0.05) is 39.0 Å². The predicted molar refractivity (Wildman–Crippen MR) is 84.4 cm³/mol. The summed E-state index contributed by atoms with van der Waals surface area (Å²) < 4.78 is 37.3. The number of hydrogen-bond donors (Lipinski definition) is 0. The van der Waals surface area contributed by atoms with Gasteiger partial charge in [0.2, 0.25) is 0 Å². The van der Waals surface area contributed by atoms with E-state index in [2.05, 4.69) is 39.0 Å². The Labute approximate surface area is 131 Å². The summed E-state index contributed by atoms with van der Waals surface area (Å²) in [6.07, 6.45) is -1.43. The molecule has 1 nitrogen and oxygen atoms in total. The van der Waals surface area contributed by atoms with Crippen LogP contribution in [0.5, 0.6) is 0 Å². The fraction of sp³-hybridized carbons (Fsp3) is 0.667. The first kappa shape index (κ1) is 17.3. The molecule has 124 valence electrons. The second kappa shape index (κ2) is 7.03. The highest BCUT2D eigenvalue weighted by atomic mass is 19.4. The van der Waals surface area contributed by atoms with Gasteiger partial charge in [-0.15, -0.1) is 0 Å². The molecule has 0 bridgehead atoms. The Kier molecular flexibility index (Phi) is 5.54. The lowest BCUT2D eigenvalue weighted by atomic mass is 9.85. The first-order valence-corrected chi connectivity index (χ1v) is 8.22. The molecular formula is C18H26F3N. The highest BCUT2D eigenvalue weighted by Gasteiger charge is 2.32. The van der Waals surface area contributed by atoms with Crippen LogP contribution < -0.4 is 0 Å². The third kappa shape index (κ3) is 4.48. The Balaban J connectivity index is 2.02. The van der Waals surface area contributed by atoms with Crippen LogP contribution in [-0.4, -0.2) is 30.7 Å². The van der Waals surface area contributed by atoms with Gasteiger partial charge >= 0.3 is 6.18 Å². The molecular weight excluding hydrogens is 287 g/mol. The first-order valence-electron chi connectivity index (χ1n) is 8.22. The Bertz CT molecular complexity index is 486. The minimum Gasteiger partial charge on any atom is -0.295 e. The lowest BCUT2D eigenvalue weighted by Crippen LogP contribution is -2.39. The van der Waals surface area contributed by atoms with Crippen LogP contribution in [0.4, 0.5) is 13.2 Å². The number of hydrogen-bond acceptors (Lipinski definition) is 1. The summed E-state index contributed by atoms with van der Waals surface area (Å²) in [5, 5.41) is 0. The fourth-order valence-corrected chi connectivity index (χ4v) is 3.43. The van der Waals surface area contributed by atoms with Gasteiger partial charge in [0.25, 0.3) is 0 Å². The van der Waals surface area contributed by atoms with Crippen molar-refractivity contribution in [2.75, 3.05) is 19.6 Å². The summed E-state index contributed by atoms with van der Waals surface area (Å²) >= 11 is 0. The van der Waals surface area contributed by atoms with Gasteiger partial charge in [0.05, 0.1) is 6.54 Å². The molecule has 1 saturated heterocycles. The molecule has 2 rings (SSSR count). The second-order valence-corrected chi connectivity index (χ2v) is 6.63. The summed E-state index contributed by atoms with van der Waals surface area (Å²) in [6.45, 7) is 6.87. The monoisotopic (exact) mass is 313 g/mol. The maximum absolute atomic E-state index is 12.4. The van der Waals surface area contributed by atoms with Crippen LogP contribution in [0.25, 0.3) is 0 Å². The smallest absolute Gasteiger partial charge is 0.295 e. The zero-order valence-corrected chi connectivity index (χ0v) is 13.7. The zero-order valence-electron chi connectivity index (χ0n) is 13.7. The number of likely N-dealkylation sites (tertiary alicyclic amines) is 1. The van der Waals surface area contributed by atoms with Gasteiger partial charge < -0.3 is 0 Å². The van der Waals surface area contributed by atoms with E-state index in [1.54, 1.807) is 0 Å². The molecule has 0 amide bonds. The predicted octanol–water partition coefficient (Wildman–Crippen LogP) is 5.11. The molecule has 0 N–H and O–H groups in total. The van der Waals surface area contributed by atoms with Crippen molar-refractivity contribution in [1.29, 1.82) is 0 Å². The molecule has 4 heteroatoms. The molecule has 1 aromatic carbocycles. The summed E-state index contributed by atoms with van der Waals surface area (Å²) in [4.78, 5) is 1.53. The Morgan fingerprint density at radius 2 is 1.82 bits per heavy atom. The van der Waals surface area contributed by atoms with Gasteiger partial charge in [-0.3, -0.25) is 4.90 Å². The summed E-state index contributed by atoms with van der Waals surface area (Å²) in [5.74, 6) is 0.911. The molecule has 1 aromatic rings. The third-order valence-corrected chi connectivity index (χ3v) is 4.63. The van der Waals surface area contributed by atoms with Crippen molar-refractivity contribution < 1.29 is 13.2 Å². The Morgan fingerprint density at radius 1 is 1.18 bits per heavy atom. The number of nitrogens with zero attached hydrogens (tertiary/aromatic N) is 1. The summed E-state index contributed by atoms with van der Waals surface area (Å²) in [7, 11) is 0. The van der Waals surface area contributed by atoms with Crippen molar-refractivity contribution in [1.82, 2.24) is 4.90 Å². The van der Waals surface area contributed by atoms with Gasteiger partial charge in [0.15, 0.2) is 0 Å². The molecule has 0 saturated carbocycles. The summed E-state index contributed by atoms with van der Waals surface area (Å²) in [5.41, 5.74) is 4.07. The van der Waals surface area contributed by atoms with Crippen LogP contribution in [0.15, 0.2) is 18.2 Å². The second-order valence-electron chi connectivity index (χ2n) is 6.63. The van der Waals surface area contributed by atoms with Crippen LogP contribution in [-0.2, 0) is 6.42 Å². The lowest BCUT2D eigenvalue weighted by molar-refractivity contribution is -0.147. The molecule has 0 radical (unpaired) electrons. The van der Waals surface area contributed by atoms with Crippen LogP contribution in [0, 0.1) is 0 Å². The van der Waals surface area contributed by atoms with Gasteiger partial charge in [0, 0.05) is 0 Å². The number of rotatable bonds is 4. The molecule has 1 aliphatic heterocycles. The summed E-state index contributed by atoms with van der Waals surface area (Å²) in [6, 6.07) is 6.67. The van der Waals surface area contributed by atoms with Gasteiger partial charge in [-0.25, -0.2) is 0 Å². The highest BCUT2D eigenvalue weighted by Crippen LogP contribution is 2.32. The third-order valence-electron chi connectivity index (χ3n) is 4.63. The van der Waals surface area contributed by atoms with Gasteiger partial charge in [-0.05, 0) is 60.9 Å². The molecule has 1 heterocycles. The normalized spacial score (nSPS) is 18.1. The first-order chi connectivity index (χ1) is 10.3. The molecule has 0 aliphatic carbocycles. The minimum absolute atomic E-state index is 0.399. The minimum atomic E-state index is -4.08. The van der Waals surface area contributed by atoms with Crippen molar-refractivity contribution in [2.45, 2.75) is 58.0 Å². The van der Waals surface area contributed by atoms with Crippen LogP contribution in [0.3, 0.4) is 0 Å². The maximum atomic E-state index is 12.4. The average molecular weight is 313 g/mol. The van der Waals surface area contributed by atoms with E-state index in [0.717, 1.165) is 19.3 Å². The molecule has 1 fully saturated rings. The number of alkyl halides is 3. The standard InChI is InChI=1S/C18H26F3N/c1-4-14-11-16(5-6-17(14)13(2)3)15-7-9-22(10-8-15)12-18(19,20)21/h5-6,11,13,15H,4,7-10,12H2,1-3H3. The number of piperidine rings is 1. The van der Waals surface area contributed by atoms with E-state index in [4.69, 9.17) is 0 Å². The molecule has 1 aliphatic rings. The van der Waals surface area contributed by atoms with Crippen LogP contribution in [0.2, 0.25) is 0 Å². The molecule has 0 unspecified atom stereocenters. The van der Waals surface area contributed by atoms with Crippen molar-refractivity contribution in [3.63, 3.8) is 0 Å². The molecule has 0 aromatic heterocycles. The van der Waals surface area contributed by atoms with Crippen LogP contribution in [0.1, 0.15) is 62.1 Å². The molecule has 0 atom stereocenters. The zero-order chi connectivity index (χ0) is 16.3. The maximum Gasteiger partial charge on any atom is 0.401 e.